The number of hydrogen-bond acceptors (Lipinski definition) is 0. The maximum absolute atomic E-state index is 13.0. The smallest absolute Gasteiger partial charge is 0.173 e. The lowest BCUT2D eigenvalue weighted by Gasteiger charge is -2.08. The first kappa shape index (κ1) is 23.3. The minimum absolute atomic E-state index is 0.132. The molecule has 0 saturated carbocycles. The van der Waals surface area contributed by atoms with Gasteiger partial charge in [0.15, 0.2) is 0 Å². The first-order chi connectivity index (χ1) is 14.2. The van der Waals surface area contributed by atoms with E-state index in [9.17, 15) is 8.78 Å². The standard InChI is InChI=1S/C27H36F2/c1-3-5-6-7-8-9-10-11-12-13-22-14-16-23(17-15-22)24-18-20-25(21-19-24)26(4-2)27(28)29/h14-21H,3-13H2,1-2H3. The molecule has 2 aromatic rings. The van der Waals surface area contributed by atoms with Crippen LogP contribution in [0.25, 0.3) is 16.7 Å². The van der Waals surface area contributed by atoms with Crippen LogP contribution in [0.5, 0.6) is 0 Å². The second-order valence-corrected chi connectivity index (χ2v) is 7.95. The molecule has 0 unspecified atom stereocenters. The molecule has 2 rings (SSSR count). The third kappa shape index (κ3) is 8.12. The fourth-order valence-corrected chi connectivity index (χ4v) is 3.81. The molecule has 29 heavy (non-hydrogen) atoms. The number of allylic oxidation sites excluding steroid dienone is 1. The van der Waals surface area contributed by atoms with Gasteiger partial charge < -0.3 is 0 Å². The van der Waals surface area contributed by atoms with Crippen molar-refractivity contribution in [2.45, 2.75) is 84.5 Å². The number of benzene rings is 2. The fraction of sp³-hybridized carbons (Fsp3) is 0.481. The summed E-state index contributed by atoms with van der Waals surface area (Å²) in [4.78, 5) is 0. The van der Waals surface area contributed by atoms with Crippen LogP contribution in [0.1, 0.15) is 89.2 Å². The van der Waals surface area contributed by atoms with Crippen LogP contribution in [0.2, 0.25) is 0 Å². The summed E-state index contributed by atoms with van der Waals surface area (Å²) in [6.45, 7) is 4.02. The van der Waals surface area contributed by atoms with E-state index >= 15 is 0 Å². The predicted molar refractivity (Wildman–Crippen MR) is 122 cm³/mol. The topological polar surface area (TPSA) is 0 Å². The lowest BCUT2D eigenvalue weighted by molar-refractivity contribution is 0.423. The number of halogens is 2. The molecule has 0 aliphatic heterocycles. The molecule has 0 aliphatic carbocycles. The van der Waals surface area contributed by atoms with E-state index in [1.54, 1.807) is 19.1 Å². The van der Waals surface area contributed by atoms with Crippen LogP contribution >= 0.6 is 0 Å². The summed E-state index contributed by atoms with van der Waals surface area (Å²) in [5.41, 5.74) is 4.32. The van der Waals surface area contributed by atoms with Crippen molar-refractivity contribution in [1.82, 2.24) is 0 Å². The van der Waals surface area contributed by atoms with Crippen molar-refractivity contribution in [3.05, 3.63) is 65.7 Å². The molecule has 0 N–H and O–H groups in total. The third-order valence-electron chi connectivity index (χ3n) is 5.67. The van der Waals surface area contributed by atoms with E-state index in [1.807, 2.05) is 12.1 Å². The van der Waals surface area contributed by atoms with Crippen LogP contribution in [0.3, 0.4) is 0 Å². The lowest BCUT2D eigenvalue weighted by Crippen LogP contribution is -1.88. The Hall–Kier alpha value is -1.96. The van der Waals surface area contributed by atoms with Gasteiger partial charge >= 0.3 is 0 Å². The highest BCUT2D eigenvalue weighted by atomic mass is 19.3. The number of unbranched alkanes of at least 4 members (excludes halogenated alkanes) is 8. The van der Waals surface area contributed by atoms with Gasteiger partial charge in [-0.05, 0) is 41.5 Å². The Balaban J connectivity index is 1.76. The first-order valence-electron chi connectivity index (χ1n) is 11.4. The zero-order valence-electron chi connectivity index (χ0n) is 18.2. The molecule has 2 aromatic carbocycles. The maximum Gasteiger partial charge on any atom is 0.274 e. The summed E-state index contributed by atoms with van der Waals surface area (Å²) in [6.07, 6.45) is 12.1. The molecule has 0 aliphatic rings. The predicted octanol–water partition coefficient (Wildman–Crippen LogP) is 9.44. The van der Waals surface area contributed by atoms with Crippen LogP contribution in [-0.2, 0) is 6.42 Å². The van der Waals surface area contributed by atoms with Gasteiger partial charge in [-0.15, -0.1) is 0 Å². The minimum Gasteiger partial charge on any atom is -0.173 e. The second kappa shape index (κ2) is 13.3. The normalized spacial score (nSPS) is 10.9. The van der Waals surface area contributed by atoms with Gasteiger partial charge in [0.2, 0.25) is 0 Å². The summed E-state index contributed by atoms with van der Waals surface area (Å²) in [5.74, 6) is 0. The van der Waals surface area contributed by atoms with E-state index in [4.69, 9.17) is 0 Å². The Labute approximate surface area is 176 Å². The molecule has 158 valence electrons. The van der Waals surface area contributed by atoms with Crippen molar-refractivity contribution in [3.8, 4) is 11.1 Å². The monoisotopic (exact) mass is 398 g/mol. The minimum atomic E-state index is -1.58. The highest BCUT2D eigenvalue weighted by Gasteiger charge is 2.07. The van der Waals surface area contributed by atoms with Crippen molar-refractivity contribution in [1.29, 1.82) is 0 Å². The van der Waals surface area contributed by atoms with Crippen molar-refractivity contribution in [2.75, 3.05) is 0 Å². The van der Waals surface area contributed by atoms with E-state index < -0.39 is 6.08 Å². The Kier molecular flexibility index (Phi) is 10.7. The highest BCUT2D eigenvalue weighted by Crippen LogP contribution is 2.27. The number of aryl methyl sites for hydroxylation is 1. The van der Waals surface area contributed by atoms with Crippen molar-refractivity contribution >= 4 is 5.57 Å². The van der Waals surface area contributed by atoms with Gasteiger partial charge in [0.1, 0.15) is 0 Å². The molecule has 0 spiro atoms. The zero-order chi connectivity index (χ0) is 20.9. The molecule has 0 bridgehead atoms. The summed E-state index contributed by atoms with van der Waals surface area (Å²) in [7, 11) is 0. The van der Waals surface area contributed by atoms with E-state index in [2.05, 4.69) is 31.2 Å². The maximum atomic E-state index is 13.0. The van der Waals surface area contributed by atoms with E-state index in [-0.39, 0.29) is 5.57 Å². The summed E-state index contributed by atoms with van der Waals surface area (Å²) in [5, 5.41) is 0. The van der Waals surface area contributed by atoms with Gasteiger partial charge in [-0.3, -0.25) is 0 Å². The van der Waals surface area contributed by atoms with Crippen LogP contribution in [0.4, 0.5) is 8.78 Å². The largest absolute Gasteiger partial charge is 0.274 e. The average molecular weight is 399 g/mol. The fourth-order valence-electron chi connectivity index (χ4n) is 3.81. The van der Waals surface area contributed by atoms with E-state index in [0.29, 0.717) is 12.0 Å². The van der Waals surface area contributed by atoms with Crippen LogP contribution in [-0.4, -0.2) is 0 Å². The molecule has 0 amide bonds. The molecule has 0 aromatic heterocycles. The van der Waals surface area contributed by atoms with Gasteiger partial charge in [-0.2, -0.15) is 8.78 Å². The van der Waals surface area contributed by atoms with Gasteiger partial charge in [0, 0.05) is 5.57 Å². The van der Waals surface area contributed by atoms with Crippen LogP contribution in [0.15, 0.2) is 54.6 Å². The van der Waals surface area contributed by atoms with E-state index in [1.165, 1.54) is 63.4 Å². The summed E-state index contributed by atoms with van der Waals surface area (Å²) < 4.78 is 25.9. The molecule has 0 nitrogen and oxygen atoms in total. The quantitative estimate of drug-likeness (QED) is 0.295. The molecule has 0 atom stereocenters. The molecule has 2 heteroatoms. The number of hydrogen-bond donors (Lipinski definition) is 0. The Morgan fingerprint density at radius 3 is 1.59 bits per heavy atom. The van der Waals surface area contributed by atoms with Crippen molar-refractivity contribution < 1.29 is 8.78 Å². The van der Waals surface area contributed by atoms with Crippen LogP contribution in [0, 0.1) is 0 Å². The van der Waals surface area contributed by atoms with Gasteiger partial charge in [-0.1, -0.05) is 114 Å². The summed E-state index contributed by atoms with van der Waals surface area (Å²) >= 11 is 0. The van der Waals surface area contributed by atoms with Crippen molar-refractivity contribution in [3.63, 3.8) is 0 Å². The molecule has 0 heterocycles. The van der Waals surface area contributed by atoms with Gasteiger partial charge in [-0.25, -0.2) is 0 Å². The first-order valence-corrected chi connectivity index (χ1v) is 11.4. The molecule has 0 saturated heterocycles. The summed E-state index contributed by atoms with van der Waals surface area (Å²) in [6, 6.07) is 16.1. The lowest BCUT2D eigenvalue weighted by atomic mass is 9.98. The van der Waals surface area contributed by atoms with Crippen molar-refractivity contribution in [2.24, 2.45) is 0 Å². The second-order valence-electron chi connectivity index (χ2n) is 7.95. The van der Waals surface area contributed by atoms with E-state index in [0.717, 1.165) is 17.5 Å². The Morgan fingerprint density at radius 1 is 0.621 bits per heavy atom. The van der Waals surface area contributed by atoms with Crippen LogP contribution < -0.4 is 0 Å². The Bertz CT molecular complexity index is 722. The highest BCUT2D eigenvalue weighted by molar-refractivity contribution is 5.70. The average Bonchev–Trinajstić information content (AvgIpc) is 2.74. The SMILES string of the molecule is CCCCCCCCCCCc1ccc(-c2ccc(C(CC)=C(F)F)cc2)cc1. The zero-order valence-corrected chi connectivity index (χ0v) is 18.2. The molecule has 0 radical (unpaired) electrons. The van der Waals surface area contributed by atoms with Gasteiger partial charge in [0.05, 0.1) is 0 Å². The molecule has 0 fully saturated rings. The Morgan fingerprint density at radius 2 is 1.10 bits per heavy atom. The number of rotatable bonds is 13. The molecular formula is C27H36F2. The third-order valence-corrected chi connectivity index (χ3v) is 5.67. The van der Waals surface area contributed by atoms with Gasteiger partial charge in [0.25, 0.3) is 6.08 Å². The molecular weight excluding hydrogens is 362 g/mol.